The van der Waals surface area contributed by atoms with Crippen LogP contribution >= 0.6 is 0 Å². The number of aliphatic hydroxyl groups is 1. The van der Waals surface area contributed by atoms with Crippen LogP contribution in [0.15, 0.2) is 60.8 Å². The number of hydrogen-bond acceptors (Lipinski definition) is 5. The van der Waals surface area contributed by atoms with Crippen molar-refractivity contribution in [1.82, 2.24) is 29.5 Å². The van der Waals surface area contributed by atoms with Crippen molar-refractivity contribution >= 4 is 10.9 Å². The molecule has 4 heterocycles. The van der Waals surface area contributed by atoms with Gasteiger partial charge < -0.3 is 14.7 Å². The van der Waals surface area contributed by atoms with Crippen LogP contribution in [0.2, 0.25) is 0 Å². The maximum Gasteiger partial charge on any atom is 0.150 e. The lowest BCUT2D eigenvalue weighted by Crippen LogP contribution is -2.35. The van der Waals surface area contributed by atoms with Gasteiger partial charge in [0, 0.05) is 49.8 Å². The van der Waals surface area contributed by atoms with Gasteiger partial charge in [0.1, 0.15) is 5.82 Å². The Kier molecular flexibility index (Phi) is 5.02. The van der Waals surface area contributed by atoms with Crippen LogP contribution in [-0.4, -0.2) is 53.8 Å². The van der Waals surface area contributed by atoms with Gasteiger partial charge in [-0.05, 0) is 29.7 Å². The van der Waals surface area contributed by atoms with E-state index in [0.29, 0.717) is 13.0 Å². The Balaban J connectivity index is 1.20. The molecule has 32 heavy (non-hydrogen) atoms. The van der Waals surface area contributed by atoms with E-state index in [1.54, 1.807) is 0 Å². The van der Waals surface area contributed by atoms with E-state index >= 15 is 0 Å². The molecule has 0 saturated carbocycles. The number of rotatable bonds is 5. The molecule has 0 amide bonds. The third-order valence-corrected chi connectivity index (χ3v) is 6.85. The number of aromatic amines is 1. The number of β-amino-alcohol motifs (C(OH)–C–C–N with tert-alkyl or cyclic N) is 1. The zero-order valence-corrected chi connectivity index (χ0v) is 18.1. The van der Waals surface area contributed by atoms with Gasteiger partial charge in [-0.1, -0.05) is 42.5 Å². The Morgan fingerprint density at radius 2 is 1.88 bits per heavy atom. The number of fused-ring (bicyclic) bond motifs is 2. The first-order valence-corrected chi connectivity index (χ1v) is 11.4. The summed E-state index contributed by atoms with van der Waals surface area (Å²) in [5, 5.41) is 20.9. The molecule has 1 saturated heterocycles. The summed E-state index contributed by atoms with van der Waals surface area (Å²) in [6, 6.07) is 19.2. The van der Waals surface area contributed by atoms with E-state index in [1.165, 1.54) is 22.0 Å². The topological polar surface area (TPSA) is 73.2 Å². The van der Waals surface area contributed by atoms with E-state index in [2.05, 4.69) is 78.1 Å². The van der Waals surface area contributed by atoms with Gasteiger partial charge in [0.15, 0.2) is 5.82 Å². The molecule has 2 aromatic heterocycles. The van der Waals surface area contributed by atoms with Gasteiger partial charge in [-0.25, -0.2) is 0 Å². The van der Waals surface area contributed by atoms with Crippen LogP contribution in [0.5, 0.6) is 0 Å². The zero-order valence-electron chi connectivity index (χ0n) is 18.1. The third-order valence-electron chi connectivity index (χ3n) is 6.85. The van der Waals surface area contributed by atoms with Crippen LogP contribution in [0.4, 0.5) is 0 Å². The van der Waals surface area contributed by atoms with Crippen LogP contribution in [-0.2, 0) is 26.2 Å². The predicted octanol–water partition coefficient (Wildman–Crippen LogP) is 3.08. The quantitative estimate of drug-likeness (QED) is 0.511. The molecule has 2 N–H and O–H groups in total. The van der Waals surface area contributed by atoms with Gasteiger partial charge in [-0.3, -0.25) is 9.80 Å². The van der Waals surface area contributed by atoms with Gasteiger partial charge in [-0.15, -0.1) is 10.2 Å². The summed E-state index contributed by atoms with van der Waals surface area (Å²) >= 11 is 0. The van der Waals surface area contributed by atoms with E-state index in [9.17, 15) is 5.11 Å². The molecule has 4 aromatic rings. The number of aromatic nitrogens is 4. The van der Waals surface area contributed by atoms with Gasteiger partial charge in [0.05, 0.1) is 18.7 Å². The predicted molar refractivity (Wildman–Crippen MR) is 123 cm³/mol. The lowest BCUT2D eigenvalue weighted by Gasteiger charge is -2.30. The second-order valence-corrected chi connectivity index (χ2v) is 9.01. The molecule has 2 aliphatic heterocycles. The highest BCUT2D eigenvalue weighted by Crippen LogP contribution is 2.34. The first-order valence-electron chi connectivity index (χ1n) is 11.4. The lowest BCUT2D eigenvalue weighted by molar-refractivity contribution is 0.171. The minimum Gasteiger partial charge on any atom is -0.392 e. The van der Waals surface area contributed by atoms with Crippen LogP contribution in [0.25, 0.3) is 10.9 Å². The molecule has 2 atom stereocenters. The van der Waals surface area contributed by atoms with Crippen molar-refractivity contribution in [2.24, 2.45) is 0 Å². The maximum atomic E-state index is 10.4. The molecule has 2 aliphatic rings. The number of nitrogens with zero attached hydrogens (tertiary/aromatic N) is 5. The van der Waals surface area contributed by atoms with Crippen molar-refractivity contribution < 1.29 is 5.11 Å². The summed E-state index contributed by atoms with van der Waals surface area (Å²) in [6.45, 7) is 5.03. The summed E-state index contributed by atoms with van der Waals surface area (Å²) in [7, 11) is 0. The standard InChI is InChI=1S/C25H28N6O/c32-20-13-23(30(16-20)14-18-5-2-1-3-6-18)25-28-27-24-17-29(11-12-31(24)25)15-19-7-4-8-22-21(19)9-10-26-22/h1-10,20,23,26,32H,11-17H2/t20-,23+/m1/s1. The summed E-state index contributed by atoms with van der Waals surface area (Å²) < 4.78 is 2.29. The molecule has 0 bridgehead atoms. The first kappa shape index (κ1) is 19.7. The van der Waals surface area contributed by atoms with Gasteiger partial charge in [0.25, 0.3) is 0 Å². The fraction of sp³-hybridized carbons (Fsp3) is 0.360. The minimum absolute atomic E-state index is 0.103. The summed E-state index contributed by atoms with van der Waals surface area (Å²) in [5.41, 5.74) is 3.78. The molecule has 2 aromatic carbocycles. The smallest absolute Gasteiger partial charge is 0.150 e. The van der Waals surface area contributed by atoms with Crippen LogP contribution in [0, 0.1) is 0 Å². The molecule has 0 unspecified atom stereocenters. The third kappa shape index (κ3) is 3.62. The van der Waals surface area contributed by atoms with Crippen molar-refractivity contribution in [3.05, 3.63) is 83.6 Å². The molecule has 7 nitrogen and oxygen atoms in total. The van der Waals surface area contributed by atoms with E-state index < -0.39 is 0 Å². The second kappa shape index (κ2) is 8.16. The average molecular weight is 429 g/mol. The highest BCUT2D eigenvalue weighted by Gasteiger charge is 2.36. The fourth-order valence-electron chi connectivity index (χ4n) is 5.28. The van der Waals surface area contributed by atoms with E-state index in [4.69, 9.17) is 0 Å². The highest BCUT2D eigenvalue weighted by molar-refractivity contribution is 5.82. The summed E-state index contributed by atoms with van der Waals surface area (Å²) in [4.78, 5) is 8.09. The van der Waals surface area contributed by atoms with E-state index in [1.807, 2.05) is 12.3 Å². The molecule has 6 rings (SSSR count). The summed E-state index contributed by atoms with van der Waals surface area (Å²) in [6.07, 6.45) is 2.40. The molecule has 0 aliphatic carbocycles. The molecule has 164 valence electrons. The van der Waals surface area contributed by atoms with E-state index in [0.717, 1.165) is 44.4 Å². The highest BCUT2D eigenvalue weighted by atomic mass is 16.3. The van der Waals surface area contributed by atoms with Crippen molar-refractivity contribution in [3.63, 3.8) is 0 Å². The van der Waals surface area contributed by atoms with Crippen molar-refractivity contribution in [1.29, 1.82) is 0 Å². The molecular weight excluding hydrogens is 400 g/mol. The lowest BCUT2D eigenvalue weighted by atomic mass is 10.1. The molecule has 0 radical (unpaired) electrons. The largest absolute Gasteiger partial charge is 0.392 e. The Morgan fingerprint density at radius 1 is 0.969 bits per heavy atom. The average Bonchev–Trinajstić information content (AvgIpc) is 3.53. The Morgan fingerprint density at radius 3 is 2.78 bits per heavy atom. The Bertz CT molecular complexity index is 1220. The van der Waals surface area contributed by atoms with Gasteiger partial charge in [-0.2, -0.15) is 0 Å². The molecular formula is C25H28N6O. The zero-order chi connectivity index (χ0) is 21.5. The Labute approximate surface area is 187 Å². The number of H-pyrrole nitrogens is 1. The maximum absolute atomic E-state index is 10.4. The SMILES string of the molecule is O[C@@H]1C[C@@H](c2nnc3n2CCN(Cc2cccc4[nH]ccc24)C3)N(Cc2ccccc2)C1. The number of likely N-dealkylation sites (tertiary alicyclic amines) is 1. The van der Waals surface area contributed by atoms with Crippen molar-refractivity contribution in [2.75, 3.05) is 13.1 Å². The van der Waals surface area contributed by atoms with Gasteiger partial charge >= 0.3 is 0 Å². The number of nitrogens with one attached hydrogen (secondary N) is 1. The van der Waals surface area contributed by atoms with Crippen molar-refractivity contribution in [3.8, 4) is 0 Å². The molecule has 1 fully saturated rings. The monoisotopic (exact) mass is 428 g/mol. The van der Waals surface area contributed by atoms with Crippen molar-refractivity contribution in [2.45, 2.75) is 44.7 Å². The van der Waals surface area contributed by atoms with Crippen LogP contribution < -0.4 is 0 Å². The van der Waals surface area contributed by atoms with Crippen LogP contribution in [0.1, 0.15) is 35.2 Å². The number of benzene rings is 2. The van der Waals surface area contributed by atoms with Gasteiger partial charge in [0.2, 0.25) is 0 Å². The normalized spacial score (nSPS) is 21.9. The first-order chi connectivity index (χ1) is 15.7. The molecule has 7 heteroatoms. The number of aliphatic hydroxyl groups excluding tert-OH is 1. The minimum atomic E-state index is -0.321. The van der Waals surface area contributed by atoms with E-state index in [-0.39, 0.29) is 12.1 Å². The molecule has 0 spiro atoms. The van der Waals surface area contributed by atoms with Crippen LogP contribution in [0.3, 0.4) is 0 Å². The number of hydrogen-bond donors (Lipinski definition) is 2. The second-order valence-electron chi connectivity index (χ2n) is 9.01. The Hall–Kier alpha value is -3.00. The fourth-order valence-corrected chi connectivity index (χ4v) is 5.28. The summed E-state index contributed by atoms with van der Waals surface area (Å²) in [5.74, 6) is 2.02.